The zero-order chi connectivity index (χ0) is 18.6. The average molecular weight is 357 g/mol. The molecule has 27 heavy (non-hydrogen) atoms. The van der Waals surface area contributed by atoms with Crippen LogP contribution in [0.2, 0.25) is 0 Å². The summed E-state index contributed by atoms with van der Waals surface area (Å²) in [4.78, 5) is 27.3. The molecule has 4 nitrogen and oxygen atoms in total. The third-order valence-electron chi connectivity index (χ3n) is 4.71. The van der Waals surface area contributed by atoms with Gasteiger partial charge in [0.05, 0.1) is 11.7 Å². The van der Waals surface area contributed by atoms with Gasteiger partial charge in [-0.15, -0.1) is 0 Å². The minimum atomic E-state index is -0.470. The van der Waals surface area contributed by atoms with Crippen molar-refractivity contribution in [2.24, 2.45) is 0 Å². The number of ether oxygens (including phenoxy) is 1. The number of ketones is 1. The predicted octanol–water partition coefficient (Wildman–Crippen LogP) is 4.89. The molecule has 3 aromatic rings. The highest BCUT2D eigenvalue weighted by Gasteiger charge is 2.36. The van der Waals surface area contributed by atoms with Crippen molar-refractivity contribution in [3.8, 4) is 5.75 Å². The summed E-state index contributed by atoms with van der Waals surface area (Å²) < 4.78 is 5.59. The summed E-state index contributed by atoms with van der Waals surface area (Å²) in [5, 5.41) is 0. The van der Waals surface area contributed by atoms with Crippen LogP contribution >= 0.6 is 0 Å². The molecule has 0 aromatic heterocycles. The first-order valence-corrected chi connectivity index (χ1v) is 8.94. The van der Waals surface area contributed by atoms with Crippen molar-refractivity contribution in [2.45, 2.75) is 18.9 Å². The van der Waals surface area contributed by atoms with Crippen molar-refractivity contribution in [3.63, 3.8) is 0 Å². The van der Waals surface area contributed by atoms with E-state index in [1.165, 1.54) is 0 Å². The molecular formula is C23H19NO3. The van der Waals surface area contributed by atoms with E-state index in [1.807, 2.05) is 60.7 Å². The molecule has 134 valence electrons. The molecule has 1 aliphatic heterocycles. The van der Waals surface area contributed by atoms with Crippen LogP contribution in [0, 0.1) is 0 Å². The zero-order valence-electron chi connectivity index (χ0n) is 14.7. The summed E-state index contributed by atoms with van der Waals surface area (Å²) in [6.45, 7) is 0. The van der Waals surface area contributed by atoms with Gasteiger partial charge in [0.1, 0.15) is 5.75 Å². The zero-order valence-corrected chi connectivity index (χ0v) is 14.7. The Kier molecular flexibility index (Phi) is 4.71. The van der Waals surface area contributed by atoms with Gasteiger partial charge in [0.2, 0.25) is 0 Å². The quantitative estimate of drug-likeness (QED) is 0.670. The van der Waals surface area contributed by atoms with E-state index in [9.17, 15) is 9.59 Å². The first kappa shape index (κ1) is 17.0. The molecule has 0 bridgehead atoms. The van der Waals surface area contributed by atoms with E-state index >= 15 is 0 Å². The minimum Gasteiger partial charge on any atom is -0.410 e. The van der Waals surface area contributed by atoms with Crippen LogP contribution in [0.25, 0.3) is 0 Å². The topological polar surface area (TPSA) is 46.6 Å². The monoisotopic (exact) mass is 357 g/mol. The molecule has 4 heteroatoms. The summed E-state index contributed by atoms with van der Waals surface area (Å²) in [6, 6.07) is 25.8. The predicted molar refractivity (Wildman–Crippen MR) is 104 cm³/mol. The van der Waals surface area contributed by atoms with Crippen LogP contribution in [-0.2, 0) is 6.42 Å². The fourth-order valence-corrected chi connectivity index (χ4v) is 3.47. The third-order valence-corrected chi connectivity index (χ3v) is 4.71. The van der Waals surface area contributed by atoms with Crippen LogP contribution in [-0.4, -0.2) is 17.9 Å². The Morgan fingerprint density at radius 3 is 2.26 bits per heavy atom. The number of rotatable bonds is 3. The van der Waals surface area contributed by atoms with Crippen molar-refractivity contribution in [2.75, 3.05) is 4.90 Å². The summed E-state index contributed by atoms with van der Waals surface area (Å²) in [7, 11) is 0. The molecule has 1 aliphatic rings. The van der Waals surface area contributed by atoms with Gasteiger partial charge in [0, 0.05) is 12.0 Å². The van der Waals surface area contributed by atoms with Gasteiger partial charge in [-0.25, -0.2) is 4.79 Å². The molecule has 0 saturated heterocycles. The lowest BCUT2D eigenvalue weighted by Gasteiger charge is -2.35. The fourth-order valence-electron chi connectivity index (χ4n) is 3.47. The highest BCUT2D eigenvalue weighted by molar-refractivity contribution is 6.08. The maximum Gasteiger partial charge on any atom is 0.420 e. The molecule has 1 unspecified atom stereocenters. The highest BCUT2D eigenvalue weighted by Crippen LogP contribution is 2.33. The van der Waals surface area contributed by atoms with E-state index in [1.54, 1.807) is 29.2 Å². The minimum absolute atomic E-state index is 0.0512. The van der Waals surface area contributed by atoms with Crippen LogP contribution in [0.3, 0.4) is 0 Å². The van der Waals surface area contributed by atoms with Gasteiger partial charge in [0.25, 0.3) is 0 Å². The average Bonchev–Trinajstić information content (AvgIpc) is 2.70. The number of carbonyl (C=O) groups excluding carboxylic acids is 2. The maximum atomic E-state index is 13.0. The first-order chi connectivity index (χ1) is 13.2. The van der Waals surface area contributed by atoms with E-state index in [2.05, 4.69) is 0 Å². The maximum absolute atomic E-state index is 13.0. The number of fused-ring (bicyclic) bond motifs is 1. The van der Waals surface area contributed by atoms with Gasteiger partial charge in [-0.1, -0.05) is 60.7 Å². The van der Waals surface area contributed by atoms with Crippen LogP contribution in [0.5, 0.6) is 5.75 Å². The molecular weight excluding hydrogens is 338 g/mol. The number of benzene rings is 3. The van der Waals surface area contributed by atoms with Gasteiger partial charge in [-0.05, 0) is 36.2 Å². The Bertz CT molecular complexity index is 954. The SMILES string of the molecule is O=C1CC(Cc2ccccc2)N(C(=O)Oc2ccccc2)c2ccccc21. The Morgan fingerprint density at radius 1 is 0.889 bits per heavy atom. The molecule has 1 amide bonds. The van der Waals surface area contributed by atoms with Crippen molar-refractivity contribution in [1.82, 2.24) is 0 Å². The van der Waals surface area contributed by atoms with Crippen LogP contribution in [0.15, 0.2) is 84.9 Å². The Hall–Kier alpha value is -3.40. The van der Waals surface area contributed by atoms with Gasteiger partial charge >= 0.3 is 6.09 Å². The first-order valence-electron chi connectivity index (χ1n) is 8.94. The number of anilines is 1. The lowest BCUT2D eigenvalue weighted by molar-refractivity contribution is 0.0966. The second kappa shape index (κ2) is 7.46. The largest absolute Gasteiger partial charge is 0.420 e. The molecule has 3 aromatic carbocycles. The van der Waals surface area contributed by atoms with Gasteiger partial charge in [-0.3, -0.25) is 9.69 Å². The number of amides is 1. The molecule has 0 N–H and O–H groups in total. The van der Waals surface area contributed by atoms with Gasteiger partial charge in [-0.2, -0.15) is 0 Å². The Balaban J connectivity index is 1.69. The van der Waals surface area contributed by atoms with Crippen molar-refractivity contribution < 1.29 is 14.3 Å². The lowest BCUT2D eigenvalue weighted by Crippen LogP contribution is -2.48. The molecule has 1 heterocycles. The number of nitrogens with zero attached hydrogens (tertiary/aromatic N) is 1. The lowest BCUT2D eigenvalue weighted by atomic mass is 9.91. The van der Waals surface area contributed by atoms with Crippen LogP contribution in [0.4, 0.5) is 10.5 Å². The Labute approximate surface area is 158 Å². The highest BCUT2D eigenvalue weighted by atomic mass is 16.6. The summed E-state index contributed by atoms with van der Waals surface area (Å²) in [6.07, 6.45) is 0.391. The molecule has 0 saturated carbocycles. The fraction of sp³-hybridized carbons (Fsp3) is 0.130. The van der Waals surface area contributed by atoms with Crippen LogP contribution < -0.4 is 9.64 Å². The second-order valence-electron chi connectivity index (χ2n) is 6.54. The van der Waals surface area contributed by atoms with E-state index < -0.39 is 6.09 Å². The molecule has 1 atom stereocenters. The standard InChI is InChI=1S/C23H19NO3/c25-22-16-18(15-17-9-3-1-4-10-17)24(21-14-8-7-13-20(21)22)23(26)27-19-11-5-2-6-12-19/h1-14,18H,15-16H2. The molecule has 0 aliphatic carbocycles. The van der Waals surface area contributed by atoms with Crippen molar-refractivity contribution in [3.05, 3.63) is 96.1 Å². The summed E-state index contributed by atoms with van der Waals surface area (Å²) >= 11 is 0. The van der Waals surface area contributed by atoms with E-state index in [0.717, 1.165) is 5.56 Å². The van der Waals surface area contributed by atoms with E-state index in [-0.39, 0.29) is 18.2 Å². The van der Waals surface area contributed by atoms with Crippen molar-refractivity contribution in [1.29, 1.82) is 0 Å². The van der Waals surface area contributed by atoms with Gasteiger partial charge in [0.15, 0.2) is 5.78 Å². The Morgan fingerprint density at radius 2 is 1.52 bits per heavy atom. The normalized spacial score (nSPS) is 15.9. The molecule has 4 rings (SSSR count). The van der Waals surface area contributed by atoms with Crippen molar-refractivity contribution >= 4 is 17.6 Å². The smallest absolute Gasteiger partial charge is 0.410 e. The van der Waals surface area contributed by atoms with E-state index in [0.29, 0.717) is 23.4 Å². The summed E-state index contributed by atoms with van der Waals surface area (Å²) in [5.41, 5.74) is 2.25. The number of carbonyl (C=O) groups is 2. The molecule has 0 spiro atoms. The third kappa shape index (κ3) is 3.60. The number of hydrogen-bond donors (Lipinski definition) is 0. The summed E-state index contributed by atoms with van der Waals surface area (Å²) in [5.74, 6) is 0.533. The number of Topliss-reactive ketones (excluding diaryl/α,β-unsaturated/α-hetero) is 1. The molecule has 0 fully saturated rings. The van der Waals surface area contributed by atoms with E-state index in [4.69, 9.17) is 4.74 Å². The number of hydrogen-bond acceptors (Lipinski definition) is 3. The number of para-hydroxylation sites is 2. The van der Waals surface area contributed by atoms with Gasteiger partial charge < -0.3 is 4.74 Å². The van der Waals surface area contributed by atoms with Crippen LogP contribution in [0.1, 0.15) is 22.3 Å². The molecule has 0 radical (unpaired) electrons. The second-order valence-corrected chi connectivity index (χ2v) is 6.54.